The largest absolute Gasteiger partial charge is 0.370 e. The molecule has 1 amide bonds. The molecule has 2 aromatic heterocycles. The first-order valence-corrected chi connectivity index (χ1v) is 7.10. The Bertz CT molecular complexity index is 586. The molecule has 112 valence electrons. The van der Waals surface area contributed by atoms with Crippen molar-refractivity contribution < 1.29 is 4.79 Å². The lowest BCUT2D eigenvalue weighted by Gasteiger charge is -2.08. The molecule has 0 atom stereocenters. The van der Waals surface area contributed by atoms with Crippen molar-refractivity contribution in [1.82, 2.24) is 25.5 Å². The van der Waals surface area contributed by atoms with E-state index in [-0.39, 0.29) is 5.91 Å². The molecule has 0 aliphatic rings. The quantitative estimate of drug-likeness (QED) is 0.676. The van der Waals surface area contributed by atoms with E-state index in [1.54, 1.807) is 6.07 Å². The summed E-state index contributed by atoms with van der Waals surface area (Å²) < 4.78 is 0. The Morgan fingerprint density at radius 2 is 2.29 bits per heavy atom. The summed E-state index contributed by atoms with van der Waals surface area (Å²) in [5.74, 6) is 1.23. The molecular weight excluding hydrogens is 292 g/mol. The zero-order valence-electron chi connectivity index (χ0n) is 11.7. The van der Waals surface area contributed by atoms with Gasteiger partial charge in [-0.1, -0.05) is 11.6 Å². The lowest BCUT2D eigenvalue weighted by Crippen LogP contribution is -2.25. The SMILES string of the molecule is CCNc1cc(C(=O)NCCCc2ncn[nH]2)c(Cl)cn1. The minimum absolute atomic E-state index is 0.209. The smallest absolute Gasteiger partial charge is 0.252 e. The molecule has 0 bridgehead atoms. The molecule has 7 nitrogen and oxygen atoms in total. The number of nitrogens with zero attached hydrogens (tertiary/aromatic N) is 3. The van der Waals surface area contributed by atoms with Gasteiger partial charge in [0.25, 0.3) is 5.91 Å². The number of aromatic nitrogens is 4. The second kappa shape index (κ2) is 7.58. The van der Waals surface area contributed by atoms with Gasteiger partial charge >= 0.3 is 0 Å². The second-order valence-corrected chi connectivity index (χ2v) is 4.78. The van der Waals surface area contributed by atoms with E-state index in [1.807, 2.05) is 6.92 Å². The van der Waals surface area contributed by atoms with Gasteiger partial charge in [0.2, 0.25) is 0 Å². The van der Waals surface area contributed by atoms with Crippen LogP contribution in [0.3, 0.4) is 0 Å². The highest BCUT2D eigenvalue weighted by molar-refractivity contribution is 6.33. The van der Waals surface area contributed by atoms with Gasteiger partial charge in [-0.25, -0.2) is 9.97 Å². The first-order valence-electron chi connectivity index (χ1n) is 6.72. The fourth-order valence-electron chi connectivity index (χ4n) is 1.79. The van der Waals surface area contributed by atoms with Crippen LogP contribution in [0, 0.1) is 0 Å². The van der Waals surface area contributed by atoms with Gasteiger partial charge in [-0.3, -0.25) is 9.89 Å². The Morgan fingerprint density at radius 1 is 1.43 bits per heavy atom. The molecule has 2 aromatic rings. The van der Waals surface area contributed by atoms with Crippen LogP contribution in [0.15, 0.2) is 18.6 Å². The molecule has 8 heteroatoms. The summed E-state index contributed by atoms with van der Waals surface area (Å²) in [5, 5.41) is 12.8. The van der Waals surface area contributed by atoms with Crippen molar-refractivity contribution >= 4 is 23.3 Å². The Labute approximate surface area is 127 Å². The molecule has 0 unspecified atom stereocenters. The molecule has 0 aromatic carbocycles. The number of nitrogens with one attached hydrogen (secondary N) is 3. The summed E-state index contributed by atoms with van der Waals surface area (Å²) >= 11 is 6.01. The molecule has 0 spiro atoms. The Kier molecular flexibility index (Phi) is 5.51. The van der Waals surface area contributed by atoms with Gasteiger partial charge < -0.3 is 10.6 Å². The van der Waals surface area contributed by atoms with E-state index >= 15 is 0 Å². The number of anilines is 1. The summed E-state index contributed by atoms with van der Waals surface area (Å²) in [6, 6.07) is 1.65. The third-order valence-electron chi connectivity index (χ3n) is 2.80. The molecule has 0 radical (unpaired) electrons. The van der Waals surface area contributed by atoms with Crippen molar-refractivity contribution in [2.75, 3.05) is 18.4 Å². The van der Waals surface area contributed by atoms with Crippen molar-refractivity contribution in [3.05, 3.63) is 35.0 Å². The van der Waals surface area contributed by atoms with Crippen LogP contribution >= 0.6 is 11.6 Å². The zero-order valence-corrected chi connectivity index (χ0v) is 12.4. The maximum absolute atomic E-state index is 12.1. The molecule has 0 aliphatic carbocycles. The minimum Gasteiger partial charge on any atom is -0.370 e. The average molecular weight is 309 g/mol. The Morgan fingerprint density at radius 3 is 3.00 bits per heavy atom. The van der Waals surface area contributed by atoms with E-state index < -0.39 is 0 Å². The average Bonchev–Trinajstić information content (AvgIpc) is 2.99. The topological polar surface area (TPSA) is 95.6 Å². The van der Waals surface area contributed by atoms with Gasteiger partial charge in [-0.2, -0.15) is 5.10 Å². The van der Waals surface area contributed by atoms with E-state index in [4.69, 9.17) is 11.6 Å². The van der Waals surface area contributed by atoms with Crippen LogP contribution in [0.25, 0.3) is 0 Å². The summed E-state index contributed by atoms with van der Waals surface area (Å²) in [6.07, 6.45) is 4.44. The number of H-pyrrole nitrogens is 1. The summed E-state index contributed by atoms with van der Waals surface area (Å²) in [4.78, 5) is 20.2. The predicted octanol–water partition coefficient (Wildman–Crippen LogP) is 1.65. The molecule has 0 saturated heterocycles. The number of pyridine rings is 1. The second-order valence-electron chi connectivity index (χ2n) is 4.37. The van der Waals surface area contributed by atoms with Crippen molar-refractivity contribution in [3.63, 3.8) is 0 Å². The number of hydrogen-bond acceptors (Lipinski definition) is 5. The van der Waals surface area contributed by atoms with Crippen LogP contribution in [-0.2, 0) is 6.42 Å². The van der Waals surface area contributed by atoms with Gasteiger partial charge in [0.1, 0.15) is 18.0 Å². The first kappa shape index (κ1) is 15.2. The maximum atomic E-state index is 12.1. The van der Waals surface area contributed by atoms with Crippen LogP contribution in [0.4, 0.5) is 5.82 Å². The van der Waals surface area contributed by atoms with E-state index in [9.17, 15) is 4.79 Å². The lowest BCUT2D eigenvalue weighted by atomic mass is 10.2. The fraction of sp³-hybridized carbons (Fsp3) is 0.385. The van der Waals surface area contributed by atoms with Crippen LogP contribution < -0.4 is 10.6 Å². The molecule has 0 fully saturated rings. The van der Waals surface area contributed by atoms with E-state index in [0.717, 1.165) is 25.2 Å². The number of aromatic amines is 1. The van der Waals surface area contributed by atoms with Gasteiger partial charge in [0.15, 0.2) is 0 Å². The number of rotatable bonds is 7. The van der Waals surface area contributed by atoms with Crippen LogP contribution in [-0.4, -0.2) is 39.2 Å². The number of hydrogen-bond donors (Lipinski definition) is 3. The predicted molar refractivity (Wildman–Crippen MR) is 80.4 cm³/mol. The van der Waals surface area contributed by atoms with Crippen molar-refractivity contribution in [3.8, 4) is 0 Å². The van der Waals surface area contributed by atoms with Gasteiger partial charge in [0.05, 0.1) is 10.6 Å². The molecule has 2 rings (SSSR count). The zero-order chi connectivity index (χ0) is 15.1. The molecule has 0 aliphatic heterocycles. The van der Waals surface area contributed by atoms with Crippen LogP contribution in [0.2, 0.25) is 5.02 Å². The minimum atomic E-state index is -0.209. The van der Waals surface area contributed by atoms with E-state index in [0.29, 0.717) is 22.9 Å². The number of carbonyl (C=O) groups is 1. The monoisotopic (exact) mass is 308 g/mol. The van der Waals surface area contributed by atoms with Gasteiger partial charge in [0, 0.05) is 25.7 Å². The molecule has 21 heavy (non-hydrogen) atoms. The van der Waals surface area contributed by atoms with Crippen molar-refractivity contribution in [2.45, 2.75) is 19.8 Å². The highest BCUT2D eigenvalue weighted by Gasteiger charge is 2.11. The third-order valence-corrected chi connectivity index (χ3v) is 3.10. The number of aryl methyl sites for hydroxylation is 1. The lowest BCUT2D eigenvalue weighted by molar-refractivity contribution is 0.0953. The van der Waals surface area contributed by atoms with Crippen LogP contribution in [0.5, 0.6) is 0 Å². The molecule has 3 N–H and O–H groups in total. The van der Waals surface area contributed by atoms with Crippen molar-refractivity contribution in [1.29, 1.82) is 0 Å². The molecule has 0 saturated carbocycles. The summed E-state index contributed by atoms with van der Waals surface area (Å²) in [5.41, 5.74) is 0.419. The normalized spacial score (nSPS) is 10.4. The molecule has 2 heterocycles. The summed E-state index contributed by atoms with van der Waals surface area (Å²) in [7, 11) is 0. The van der Waals surface area contributed by atoms with E-state index in [1.165, 1.54) is 12.5 Å². The summed E-state index contributed by atoms with van der Waals surface area (Å²) in [6.45, 7) is 3.22. The number of halogens is 1. The van der Waals surface area contributed by atoms with Gasteiger partial charge in [-0.15, -0.1) is 0 Å². The van der Waals surface area contributed by atoms with Crippen molar-refractivity contribution in [2.24, 2.45) is 0 Å². The Balaban J connectivity index is 1.86. The first-order chi connectivity index (χ1) is 10.2. The van der Waals surface area contributed by atoms with E-state index in [2.05, 4.69) is 30.8 Å². The van der Waals surface area contributed by atoms with Gasteiger partial charge in [-0.05, 0) is 19.4 Å². The number of amides is 1. The van der Waals surface area contributed by atoms with Crippen LogP contribution in [0.1, 0.15) is 29.5 Å². The third kappa shape index (κ3) is 4.42. The Hall–Kier alpha value is -2.15. The highest BCUT2D eigenvalue weighted by Crippen LogP contribution is 2.17. The standard InChI is InChI=1S/C13H17ClN6O/c1-2-15-12-6-9(10(14)7-17-12)13(21)16-5-3-4-11-18-8-19-20-11/h6-8H,2-5H2,1H3,(H,15,17)(H,16,21)(H,18,19,20). The molecular formula is C13H17ClN6O. The highest BCUT2D eigenvalue weighted by atomic mass is 35.5. The number of carbonyl (C=O) groups excluding carboxylic acids is 1. The maximum Gasteiger partial charge on any atom is 0.252 e. The fourth-order valence-corrected chi connectivity index (χ4v) is 1.98.